The summed E-state index contributed by atoms with van der Waals surface area (Å²) >= 11 is 6.28. The Labute approximate surface area is 185 Å². The Bertz CT molecular complexity index is 1240. The van der Waals surface area contributed by atoms with Crippen molar-refractivity contribution in [2.75, 3.05) is 6.54 Å². The summed E-state index contributed by atoms with van der Waals surface area (Å²) in [6.07, 6.45) is 5.12. The number of benzene rings is 2. The van der Waals surface area contributed by atoms with E-state index in [4.69, 9.17) is 16.0 Å². The summed E-state index contributed by atoms with van der Waals surface area (Å²) in [6, 6.07) is 19.1. The standard InChI is InChI=1S/C25H22ClN3O2/c26-20-9-3-1-8-18(20)15-19-16-27-24(31-19)23-11-5-6-14-29(23)25(30)22-13-12-17-7-2-4-10-21(17)28-22/h1-4,7-10,12-13,16,23H,5-6,11,14-15H2/t23-/m0/s1. The van der Waals surface area contributed by atoms with Gasteiger partial charge in [-0.1, -0.05) is 54.1 Å². The van der Waals surface area contributed by atoms with Crippen LogP contribution in [-0.4, -0.2) is 27.3 Å². The Balaban J connectivity index is 1.39. The number of fused-ring (bicyclic) bond motifs is 1. The van der Waals surface area contributed by atoms with Crippen molar-refractivity contribution in [2.45, 2.75) is 31.7 Å². The van der Waals surface area contributed by atoms with Gasteiger partial charge < -0.3 is 9.32 Å². The fourth-order valence-corrected chi connectivity index (χ4v) is 4.35. The predicted molar refractivity (Wildman–Crippen MR) is 120 cm³/mol. The zero-order valence-corrected chi connectivity index (χ0v) is 17.8. The maximum Gasteiger partial charge on any atom is 0.273 e. The van der Waals surface area contributed by atoms with E-state index in [0.29, 0.717) is 29.6 Å². The number of hydrogen-bond acceptors (Lipinski definition) is 4. The van der Waals surface area contributed by atoms with Crippen molar-refractivity contribution in [3.05, 3.63) is 94.8 Å². The van der Waals surface area contributed by atoms with Crippen LogP contribution in [0, 0.1) is 0 Å². The first kappa shape index (κ1) is 19.8. The van der Waals surface area contributed by atoms with Crippen LogP contribution >= 0.6 is 11.6 Å². The largest absolute Gasteiger partial charge is 0.443 e. The number of likely N-dealkylation sites (tertiary alicyclic amines) is 1. The van der Waals surface area contributed by atoms with E-state index in [1.807, 2.05) is 59.5 Å². The summed E-state index contributed by atoms with van der Waals surface area (Å²) in [6.45, 7) is 0.667. The molecule has 0 spiro atoms. The molecular weight excluding hydrogens is 410 g/mol. The van der Waals surface area contributed by atoms with Crippen molar-refractivity contribution in [1.29, 1.82) is 0 Å². The second-order valence-electron chi connectivity index (χ2n) is 7.83. The van der Waals surface area contributed by atoms with Crippen LogP contribution < -0.4 is 0 Å². The monoisotopic (exact) mass is 431 g/mol. The third-order valence-electron chi connectivity index (χ3n) is 5.76. The summed E-state index contributed by atoms with van der Waals surface area (Å²) in [7, 11) is 0. The lowest BCUT2D eigenvalue weighted by Gasteiger charge is -2.33. The molecule has 3 heterocycles. The summed E-state index contributed by atoms with van der Waals surface area (Å²) < 4.78 is 6.08. The lowest BCUT2D eigenvalue weighted by atomic mass is 10.0. The highest BCUT2D eigenvalue weighted by Gasteiger charge is 2.32. The highest BCUT2D eigenvalue weighted by Crippen LogP contribution is 2.32. The predicted octanol–water partition coefficient (Wildman–Crippen LogP) is 5.83. The molecule has 1 aliphatic rings. The summed E-state index contributed by atoms with van der Waals surface area (Å²) in [4.78, 5) is 24.3. The molecule has 2 aromatic heterocycles. The van der Waals surface area contributed by atoms with E-state index >= 15 is 0 Å². The lowest BCUT2D eigenvalue weighted by molar-refractivity contribution is 0.0564. The second-order valence-corrected chi connectivity index (χ2v) is 8.24. The van der Waals surface area contributed by atoms with E-state index in [9.17, 15) is 4.79 Å². The fraction of sp³-hybridized carbons (Fsp3) is 0.240. The third kappa shape index (κ3) is 4.06. The van der Waals surface area contributed by atoms with Gasteiger partial charge in [-0.15, -0.1) is 0 Å². The maximum atomic E-state index is 13.3. The van der Waals surface area contributed by atoms with Gasteiger partial charge in [-0.05, 0) is 43.0 Å². The normalized spacial score (nSPS) is 16.5. The molecule has 0 N–H and O–H groups in total. The van der Waals surface area contributed by atoms with Gasteiger partial charge in [-0.25, -0.2) is 9.97 Å². The summed E-state index contributed by atoms with van der Waals surface area (Å²) in [5.41, 5.74) is 2.26. The first-order chi connectivity index (χ1) is 15.2. The van der Waals surface area contributed by atoms with E-state index in [0.717, 1.165) is 41.5 Å². The molecule has 0 unspecified atom stereocenters. The molecule has 1 fully saturated rings. The smallest absolute Gasteiger partial charge is 0.273 e. The number of aromatic nitrogens is 2. The van der Waals surface area contributed by atoms with E-state index in [1.165, 1.54) is 0 Å². The number of halogens is 1. The van der Waals surface area contributed by atoms with Gasteiger partial charge in [0.05, 0.1) is 11.7 Å². The molecule has 5 nitrogen and oxygen atoms in total. The lowest BCUT2D eigenvalue weighted by Crippen LogP contribution is -2.39. The van der Waals surface area contributed by atoms with Gasteiger partial charge in [0.1, 0.15) is 17.5 Å². The molecule has 1 amide bonds. The topological polar surface area (TPSA) is 59.2 Å². The molecule has 0 aliphatic carbocycles. The molecule has 6 heteroatoms. The minimum Gasteiger partial charge on any atom is -0.443 e. The van der Waals surface area contributed by atoms with Gasteiger partial charge in [-0.3, -0.25) is 4.79 Å². The zero-order valence-electron chi connectivity index (χ0n) is 17.0. The molecule has 0 bridgehead atoms. The SMILES string of the molecule is O=C(c1ccc2ccccc2n1)N1CCCC[C@H]1c1ncc(Cc2ccccc2Cl)o1. The zero-order chi connectivity index (χ0) is 21.2. The van der Waals surface area contributed by atoms with Crippen LogP contribution in [-0.2, 0) is 6.42 Å². The number of carbonyl (C=O) groups is 1. The number of nitrogens with zero attached hydrogens (tertiary/aromatic N) is 3. The first-order valence-corrected chi connectivity index (χ1v) is 10.9. The Morgan fingerprint density at radius 2 is 1.90 bits per heavy atom. The highest BCUT2D eigenvalue weighted by atomic mass is 35.5. The summed E-state index contributed by atoms with van der Waals surface area (Å²) in [5, 5.41) is 1.73. The Hall–Kier alpha value is -3.18. The van der Waals surface area contributed by atoms with E-state index in [2.05, 4.69) is 9.97 Å². The minimum atomic E-state index is -0.186. The average Bonchev–Trinajstić information content (AvgIpc) is 3.28. The Kier molecular flexibility index (Phi) is 5.43. The van der Waals surface area contributed by atoms with Gasteiger partial charge in [0.25, 0.3) is 5.91 Å². The van der Waals surface area contributed by atoms with Crippen LogP contribution in [0.2, 0.25) is 5.02 Å². The maximum absolute atomic E-state index is 13.3. The van der Waals surface area contributed by atoms with Crippen LogP contribution in [0.1, 0.15) is 53.0 Å². The van der Waals surface area contributed by atoms with Crippen molar-refractivity contribution in [3.63, 3.8) is 0 Å². The van der Waals surface area contributed by atoms with E-state index in [1.54, 1.807) is 12.3 Å². The molecule has 4 aromatic rings. The van der Waals surface area contributed by atoms with Gasteiger partial charge in [0, 0.05) is 23.4 Å². The number of carbonyl (C=O) groups excluding carboxylic acids is 1. The van der Waals surface area contributed by atoms with Crippen LogP contribution in [0.3, 0.4) is 0 Å². The number of amides is 1. The van der Waals surface area contributed by atoms with Crippen LogP contribution in [0.4, 0.5) is 0 Å². The number of oxazole rings is 1. The Morgan fingerprint density at radius 3 is 2.81 bits per heavy atom. The van der Waals surface area contributed by atoms with Gasteiger partial charge in [0.2, 0.25) is 5.89 Å². The molecule has 5 rings (SSSR count). The van der Waals surface area contributed by atoms with E-state index < -0.39 is 0 Å². The van der Waals surface area contributed by atoms with Gasteiger partial charge in [-0.2, -0.15) is 0 Å². The average molecular weight is 432 g/mol. The number of hydrogen-bond donors (Lipinski definition) is 0. The van der Waals surface area contributed by atoms with Crippen molar-refractivity contribution in [1.82, 2.24) is 14.9 Å². The highest BCUT2D eigenvalue weighted by molar-refractivity contribution is 6.31. The molecule has 156 valence electrons. The van der Waals surface area contributed by atoms with Crippen molar-refractivity contribution < 1.29 is 9.21 Å². The van der Waals surface area contributed by atoms with Crippen molar-refractivity contribution >= 4 is 28.4 Å². The Morgan fingerprint density at radius 1 is 1.06 bits per heavy atom. The number of rotatable bonds is 4. The van der Waals surface area contributed by atoms with Crippen LogP contribution in [0.25, 0.3) is 10.9 Å². The first-order valence-electron chi connectivity index (χ1n) is 10.5. The molecule has 2 aromatic carbocycles. The fourth-order valence-electron chi connectivity index (χ4n) is 4.15. The molecular formula is C25H22ClN3O2. The second kappa shape index (κ2) is 8.52. The number of piperidine rings is 1. The minimum absolute atomic E-state index is 0.0821. The van der Waals surface area contributed by atoms with Gasteiger partial charge in [0.15, 0.2) is 0 Å². The van der Waals surface area contributed by atoms with E-state index in [-0.39, 0.29) is 11.9 Å². The molecule has 1 atom stereocenters. The van der Waals surface area contributed by atoms with Crippen LogP contribution in [0.5, 0.6) is 0 Å². The van der Waals surface area contributed by atoms with Gasteiger partial charge >= 0.3 is 0 Å². The number of para-hydroxylation sites is 1. The number of pyridine rings is 1. The van der Waals surface area contributed by atoms with Crippen molar-refractivity contribution in [3.8, 4) is 0 Å². The molecule has 31 heavy (non-hydrogen) atoms. The molecule has 0 saturated carbocycles. The molecule has 0 radical (unpaired) electrons. The van der Waals surface area contributed by atoms with Crippen LogP contribution in [0.15, 0.2) is 71.3 Å². The quantitative estimate of drug-likeness (QED) is 0.407. The molecule has 1 saturated heterocycles. The summed E-state index contributed by atoms with van der Waals surface area (Å²) in [5.74, 6) is 1.24. The van der Waals surface area contributed by atoms with Crippen molar-refractivity contribution in [2.24, 2.45) is 0 Å². The molecule has 1 aliphatic heterocycles. The third-order valence-corrected chi connectivity index (χ3v) is 6.13.